The van der Waals surface area contributed by atoms with E-state index in [1.165, 1.54) is 32.1 Å². The maximum Gasteiger partial charge on any atom is 0.0731 e. The third kappa shape index (κ3) is 3.97. The number of rotatable bonds is 4. The maximum absolute atomic E-state index is 5.97. The van der Waals surface area contributed by atoms with Gasteiger partial charge in [0.15, 0.2) is 0 Å². The van der Waals surface area contributed by atoms with Gasteiger partial charge in [-0.1, -0.05) is 26.2 Å². The van der Waals surface area contributed by atoms with Crippen LogP contribution in [0, 0.1) is 0 Å². The fourth-order valence-corrected chi connectivity index (χ4v) is 2.28. The van der Waals surface area contributed by atoms with Crippen LogP contribution in [0.25, 0.3) is 0 Å². The molecule has 0 aromatic rings. The van der Waals surface area contributed by atoms with Crippen molar-refractivity contribution in [3.8, 4) is 0 Å². The van der Waals surface area contributed by atoms with E-state index in [2.05, 4.69) is 26.1 Å². The molecule has 0 unspecified atom stereocenters. The molecule has 0 aromatic heterocycles. The molecule has 0 aliphatic heterocycles. The van der Waals surface area contributed by atoms with Gasteiger partial charge in [0.25, 0.3) is 0 Å². The molecule has 0 bridgehead atoms. The van der Waals surface area contributed by atoms with Gasteiger partial charge in [-0.25, -0.2) is 0 Å². The molecule has 2 heteroatoms. The lowest BCUT2D eigenvalue weighted by Crippen LogP contribution is -2.41. The monoisotopic (exact) mass is 199 g/mol. The molecule has 1 aliphatic carbocycles. The first kappa shape index (κ1) is 12.0. The Kier molecular flexibility index (Phi) is 5.49. The normalized spacial score (nSPS) is 29.1. The van der Waals surface area contributed by atoms with Crippen molar-refractivity contribution in [3.63, 3.8) is 0 Å². The van der Waals surface area contributed by atoms with E-state index in [9.17, 15) is 0 Å². The molecule has 1 aliphatic rings. The van der Waals surface area contributed by atoms with E-state index in [4.69, 9.17) is 4.74 Å². The minimum absolute atomic E-state index is 0.360. The minimum Gasteiger partial charge on any atom is -0.374 e. The van der Waals surface area contributed by atoms with Crippen LogP contribution in [-0.4, -0.2) is 24.8 Å². The van der Waals surface area contributed by atoms with Crippen LogP contribution in [0.4, 0.5) is 0 Å². The zero-order chi connectivity index (χ0) is 10.4. The lowest BCUT2D eigenvalue weighted by Gasteiger charge is -2.27. The SMILES string of the molecule is CCN[C@@H]1CCCCC[C@H]1OC(C)C. The highest BCUT2D eigenvalue weighted by Gasteiger charge is 2.24. The second-order valence-electron chi connectivity index (χ2n) is 4.53. The van der Waals surface area contributed by atoms with Crippen molar-refractivity contribution in [3.05, 3.63) is 0 Å². The Balaban J connectivity index is 2.45. The first-order chi connectivity index (χ1) is 6.74. The molecule has 0 radical (unpaired) electrons. The zero-order valence-corrected chi connectivity index (χ0v) is 9.88. The van der Waals surface area contributed by atoms with Crippen molar-refractivity contribution in [2.45, 2.75) is 71.1 Å². The average molecular weight is 199 g/mol. The number of hydrogen-bond donors (Lipinski definition) is 1. The number of nitrogens with one attached hydrogen (secondary N) is 1. The molecule has 1 N–H and O–H groups in total. The Bertz CT molecular complexity index is 147. The Labute approximate surface area is 88.4 Å². The molecule has 84 valence electrons. The second-order valence-corrected chi connectivity index (χ2v) is 4.53. The predicted octanol–water partition coefficient (Wildman–Crippen LogP) is 2.72. The summed E-state index contributed by atoms with van der Waals surface area (Å²) in [6, 6.07) is 0.588. The zero-order valence-electron chi connectivity index (χ0n) is 9.88. The molecule has 1 rings (SSSR count). The van der Waals surface area contributed by atoms with Crippen molar-refractivity contribution in [1.82, 2.24) is 5.32 Å². The van der Waals surface area contributed by atoms with Gasteiger partial charge in [0.2, 0.25) is 0 Å². The highest BCUT2D eigenvalue weighted by atomic mass is 16.5. The smallest absolute Gasteiger partial charge is 0.0731 e. The van der Waals surface area contributed by atoms with Crippen LogP contribution in [0.15, 0.2) is 0 Å². The van der Waals surface area contributed by atoms with Crippen LogP contribution in [0.2, 0.25) is 0 Å². The predicted molar refractivity (Wildman–Crippen MR) is 60.6 cm³/mol. The van der Waals surface area contributed by atoms with Gasteiger partial charge in [0, 0.05) is 6.04 Å². The fraction of sp³-hybridized carbons (Fsp3) is 1.00. The highest BCUT2D eigenvalue weighted by Crippen LogP contribution is 2.21. The molecular formula is C12H25NO. The summed E-state index contributed by atoms with van der Waals surface area (Å²) in [6.45, 7) is 7.50. The lowest BCUT2D eigenvalue weighted by molar-refractivity contribution is -0.0168. The molecule has 0 aromatic carbocycles. The minimum atomic E-state index is 0.360. The molecular weight excluding hydrogens is 174 g/mol. The van der Waals surface area contributed by atoms with E-state index in [0.717, 1.165) is 6.54 Å². The molecule has 0 heterocycles. The summed E-state index contributed by atoms with van der Waals surface area (Å²) in [5.41, 5.74) is 0. The number of likely N-dealkylation sites (N-methyl/N-ethyl adjacent to an activating group) is 1. The third-order valence-electron chi connectivity index (χ3n) is 2.87. The van der Waals surface area contributed by atoms with Crippen molar-refractivity contribution < 1.29 is 4.74 Å². The fourth-order valence-electron chi connectivity index (χ4n) is 2.28. The Hall–Kier alpha value is -0.0800. The Morgan fingerprint density at radius 3 is 2.57 bits per heavy atom. The summed E-state index contributed by atoms with van der Waals surface area (Å²) in [4.78, 5) is 0. The van der Waals surface area contributed by atoms with Crippen molar-refractivity contribution in [2.24, 2.45) is 0 Å². The van der Waals surface area contributed by atoms with Gasteiger partial charge in [-0.3, -0.25) is 0 Å². The summed E-state index contributed by atoms with van der Waals surface area (Å²) in [7, 11) is 0. The third-order valence-corrected chi connectivity index (χ3v) is 2.87. The van der Waals surface area contributed by atoms with E-state index >= 15 is 0 Å². The lowest BCUT2D eigenvalue weighted by atomic mass is 10.1. The van der Waals surface area contributed by atoms with Crippen molar-refractivity contribution in [1.29, 1.82) is 0 Å². The summed E-state index contributed by atoms with van der Waals surface area (Å²) < 4.78 is 5.97. The van der Waals surface area contributed by atoms with Crippen molar-refractivity contribution in [2.75, 3.05) is 6.54 Å². The van der Waals surface area contributed by atoms with Crippen LogP contribution in [0.1, 0.15) is 52.9 Å². The quantitative estimate of drug-likeness (QED) is 0.703. The van der Waals surface area contributed by atoms with Gasteiger partial charge in [0.1, 0.15) is 0 Å². The largest absolute Gasteiger partial charge is 0.374 e. The summed E-state index contributed by atoms with van der Waals surface area (Å²) >= 11 is 0. The second kappa shape index (κ2) is 6.41. The van der Waals surface area contributed by atoms with Crippen molar-refractivity contribution >= 4 is 0 Å². The molecule has 1 fully saturated rings. The van der Waals surface area contributed by atoms with E-state index in [1.807, 2.05) is 0 Å². The number of ether oxygens (including phenoxy) is 1. The van der Waals surface area contributed by atoms with Crippen LogP contribution in [0.3, 0.4) is 0 Å². The van der Waals surface area contributed by atoms with Gasteiger partial charge in [-0.15, -0.1) is 0 Å². The number of hydrogen-bond acceptors (Lipinski definition) is 2. The summed E-state index contributed by atoms with van der Waals surface area (Å²) in [5.74, 6) is 0. The molecule has 2 nitrogen and oxygen atoms in total. The van der Waals surface area contributed by atoms with Crippen LogP contribution >= 0.6 is 0 Å². The molecule has 1 saturated carbocycles. The molecule has 2 atom stereocenters. The topological polar surface area (TPSA) is 21.3 Å². The van der Waals surface area contributed by atoms with E-state index < -0.39 is 0 Å². The van der Waals surface area contributed by atoms with E-state index in [0.29, 0.717) is 18.2 Å². The van der Waals surface area contributed by atoms with E-state index in [1.54, 1.807) is 0 Å². The molecule has 0 saturated heterocycles. The van der Waals surface area contributed by atoms with E-state index in [-0.39, 0.29) is 0 Å². The van der Waals surface area contributed by atoms with Gasteiger partial charge in [0.05, 0.1) is 12.2 Å². The molecule has 0 spiro atoms. The standard InChI is InChI=1S/C12H25NO/c1-4-13-11-8-6-5-7-9-12(11)14-10(2)3/h10-13H,4-9H2,1-3H3/t11-,12-/m1/s1. The molecule has 0 amide bonds. The summed E-state index contributed by atoms with van der Waals surface area (Å²) in [6.07, 6.45) is 7.38. The Morgan fingerprint density at radius 1 is 1.21 bits per heavy atom. The first-order valence-corrected chi connectivity index (χ1v) is 6.13. The first-order valence-electron chi connectivity index (χ1n) is 6.13. The van der Waals surface area contributed by atoms with Crippen LogP contribution < -0.4 is 5.32 Å². The van der Waals surface area contributed by atoms with Gasteiger partial charge >= 0.3 is 0 Å². The van der Waals surface area contributed by atoms with Gasteiger partial charge in [-0.2, -0.15) is 0 Å². The highest BCUT2D eigenvalue weighted by molar-refractivity contribution is 4.80. The average Bonchev–Trinajstić information content (AvgIpc) is 2.32. The van der Waals surface area contributed by atoms with Crippen LogP contribution in [-0.2, 0) is 4.74 Å². The van der Waals surface area contributed by atoms with Gasteiger partial charge in [-0.05, 0) is 33.2 Å². The van der Waals surface area contributed by atoms with Gasteiger partial charge < -0.3 is 10.1 Å². The Morgan fingerprint density at radius 2 is 1.93 bits per heavy atom. The van der Waals surface area contributed by atoms with Crippen LogP contribution in [0.5, 0.6) is 0 Å². The maximum atomic E-state index is 5.97. The molecule has 14 heavy (non-hydrogen) atoms. The summed E-state index contributed by atoms with van der Waals surface area (Å²) in [5, 5.41) is 3.55.